The van der Waals surface area contributed by atoms with E-state index in [2.05, 4.69) is 10.2 Å². The van der Waals surface area contributed by atoms with Crippen LogP contribution in [-0.4, -0.2) is 38.7 Å². The molecule has 1 aliphatic heterocycles. The fourth-order valence-corrected chi connectivity index (χ4v) is 3.31. The lowest BCUT2D eigenvalue weighted by molar-refractivity contribution is 0.0777. The smallest absolute Gasteiger partial charge is 0.270 e. The van der Waals surface area contributed by atoms with E-state index in [1.807, 2.05) is 65.2 Å². The standard InChI is InChI=1S/C19H20N4O2/c1-22-10-5-8-16(22)19(24)23-11-9-14(13-23)12-17-20-21-18(25-17)15-6-3-2-4-7-15/h2-8,10,14H,9,11-13H2,1H3. The van der Waals surface area contributed by atoms with Crippen LogP contribution >= 0.6 is 0 Å². The van der Waals surface area contributed by atoms with Crippen molar-refractivity contribution in [3.05, 3.63) is 60.2 Å². The van der Waals surface area contributed by atoms with Crippen LogP contribution in [0.1, 0.15) is 22.8 Å². The summed E-state index contributed by atoms with van der Waals surface area (Å²) in [6.07, 6.45) is 3.56. The normalized spacial score (nSPS) is 17.2. The van der Waals surface area contributed by atoms with Crippen molar-refractivity contribution in [2.75, 3.05) is 13.1 Å². The number of rotatable bonds is 4. The average molecular weight is 336 g/mol. The van der Waals surface area contributed by atoms with E-state index < -0.39 is 0 Å². The molecule has 3 heterocycles. The van der Waals surface area contributed by atoms with E-state index in [0.717, 1.165) is 30.8 Å². The van der Waals surface area contributed by atoms with Crippen LogP contribution in [0.4, 0.5) is 0 Å². The summed E-state index contributed by atoms with van der Waals surface area (Å²) in [6.45, 7) is 1.50. The minimum atomic E-state index is 0.0884. The molecule has 3 aromatic rings. The maximum Gasteiger partial charge on any atom is 0.270 e. The summed E-state index contributed by atoms with van der Waals surface area (Å²) in [5, 5.41) is 8.30. The fourth-order valence-electron chi connectivity index (χ4n) is 3.31. The highest BCUT2D eigenvalue weighted by Gasteiger charge is 2.29. The third-order valence-electron chi connectivity index (χ3n) is 4.69. The predicted octanol–water partition coefficient (Wildman–Crippen LogP) is 2.78. The number of amides is 1. The van der Waals surface area contributed by atoms with Crippen LogP contribution in [0.2, 0.25) is 0 Å². The molecule has 1 aromatic carbocycles. The van der Waals surface area contributed by atoms with E-state index in [1.165, 1.54) is 0 Å². The molecule has 1 aliphatic rings. The highest BCUT2D eigenvalue weighted by molar-refractivity contribution is 5.92. The number of nitrogens with zero attached hydrogens (tertiary/aromatic N) is 4. The van der Waals surface area contributed by atoms with Gasteiger partial charge in [-0.25, -0.2) is 0 Å². The van der Waals surface area contributed by atoms with Crippen molar-refractivity contribution in [3.63, 3.8) is 0 Å². The minimum Gasteiger partial charge on any atom is -0.421 e. The molecule has 0 aliphatic carbocycles. The number of likely N-dealkylation sites (tertiary alicyclic amines) is 1. The minimum absolute atomic E-state index is 0.0884. The zero-order chi connectivity index (χ0) is 17.2. The number of carbonyl (C=O) groups is 1. The molecule has 0 N–H and O–H groups in total. The largest absolute Gasteiger partial charge is 0.421 e. The molecule has 25 heavy (non-hydrogen) atoms. The summed E-state index contributed by atoms with van der Waals surface area (Å²) in [7, 11) is 1.89. The average Bonchev–Trinajstić information content (AvgIpc) is 3.37. The Morgan fingerprint density at radius 2 is 2.04 bits per heavy atom. The van der Waals surface area contributed by atoms with Gasteiger partial charge in [0.1, 0.15) is 5.69 Å². The molecule has 0 spiro atoms. The molecule has 2 aromatic heterocycles. The first-order chi connectivity index (χ1) is 12.2. The number of aromatic nitrogens is 3. The first-order valence-corrected chi connectivity index (χ1v) is 8.49. The molecule has 0 saturated carbocycles. The third-order valence-corrected chi connectivity index (χ3v) is 4.69. The van der Waals surface area contributed by atoms with Crippen molar-refractivity contribution in [2.24, 2.45) is 13.0 Å². The van der Waals surface area contributed by atoms with Gasteiger partial charge in [-0.15, -0.1) is 10.2 Å². The molecule has 4 rings (SSSR count). The Balaban J connectivity index is 1.39. The van der Waals surface area contributed by atoms with Crippen molar-refractivity contribution in [1.29, 1.82) is 0 Å². The molecule has 6 heteroatoms. The van der Waals surface area contributed by atoms with E-state index in [4.69, 9.17) is 4.42 Å². The highest BCUT2D eigenvalue weighted by atomic mass is 16.4. The second-order valence-corrected chi connectivity index (χ2v) is 6.48. The molecule has 1 amide bonds. The first-order valence-electron chi connectivity index (χ1n) is 8.49. The zero-order valence-corrected chi connectivity index (χ0v) is 14.1. The second-order valence-electron chi connectivity index (χ2n) is 6.48. The maximum absolute atomic E-state index is 12.6. The van der Waals surface area contributed by atoms with Gasteiger partial charge in [-0.05, 0) is 36.6 Å². The lowest BCUT2D eigenvalue weighted by Gasteiger charge is -2.16. The van der Waals surface area contributed by atoms with E-state index >= 15 is 0 Å². The molecular formula is C19H20N4O2. The molecule has 1 unspecified atom stereocenters. The van der Waals surface area contributed by atoms with E-state index in [-0.39, 0.29) is 5.91 Å². The molecule has 1 atom stereocenters. The zero-order valence-electron chi connectivity index (χ0n) is 14.1. The Hall–Kier alpha value is -2.89. The van der Waals surface area contributed by atoms with Gasteiger partial charge in [0.25, 0.3) is 5.91 Å². The Morgan fingerprint density at radius 1 is 1.20 bits per heavy atom. The number of hydrogen-bond donors (Lipinski definition) is 0. The summed E-state index contributed by atoms with van der Waals surface area (Å²) in [6, 6.07) is 13.5. The number of aryl methyl sites for hydroxylation is 1. The van der Waals surface area contributed by atoms with E-state index in [0.29, 0.717) is 24.1 Å². The Labute approximate surface area is 146 Å². The van der Waals surface area contributed by atoms with Crippen LogP contribution in [-0.2, 0) is 13.5 Å². The Bertz CT molecular complexity index is 868. The van der Waals surface area contributed by atoms with Gasteiger partial charge in [0.15, 0.2) is 0 Å². The monoisotopic (exact) mass is 336 g/mol. The van der Waals surface area contributed by atoms with Gasteiger partial charge < -0.3 is 13.9 Å². The molecule has 1 saturated heterocycles. The molecular weight excluding hydrogens is 316 g/mol. The van der Waals surface area contributed by atoms with Gasteiger partial charge in [0, 0.05) is 38.3 Å². The first kappa shape index (κ1) is 15.6. The lowest BCUT2D eigenvalue weighted by atomic mass is 10.1. The molecule has 1 fully saturated rings. The highest BCUT2D eigenvalue weighted by Crippen LogP contribution is 2.24. The van der Waals surface area contributed by atoms with Gasteiger partial charge in [-0.1, -0.05) is 18.2 Å². The molecule has 0 radical (unpaired) electrons. The Kier molecular flexibility index (Phi) is 4.09. The van der Waals surface area contributed by atoms with E-state index in [9.17, 15) is 4.79 Å². The third kappa shape index (κ3) is 3.20. The summed E-state index contributed by atoms with van der Waals surface area (Å²) in [5.41, 5.74) is 1.65. The molecule has 128 valence electrons. The van der Waals surface area contributed by atoms with Crippen molar-refractivity contribution in [2.45, 2.75) is 12.8 Å². The van der Waals surface area contributed by atoms with E-state index in [1.54, 1.807) is 0 Å². The fraction of sp³-hybridized carbons (Fsp3) is 0.316. The SMILES string of the molecule is Cn1cccc1C(=O)N1CCC(Cc2nnc(-c3ccccc3)o2)C1. The summed E-state index contributed by atoms with van der Waals surface area (Å²) in [4.78, 5) is 14.5. The van der Waals surface area contributed by atoms with Crippen LogP contribution in [0.3, 0.4) is 0 Å². The number of carbonyl (C=O) groups excluding carboxylic acids is 1. The topological polar surface area (TPSA) is 64.2 Å². The predicted molar refractivity (Wildman–Crippen MR) is 92.9 cm³/mol. The summed E-state index contributed by atoms with van der Waals surface area (Å²) in [5.74, 6) is 1.63. The lowest BCUT2D eigenvalue weighted by Crippen LogP contribution is -2.30. The summed E-state index contributed by atoms with van der Waals surface area (Å²) >= 11 is 0. The molecule has 6 nitrogen and oxygen atoms in total. The Morgan fingerprint density at radius 3 is 2.80 bits per heavy atom. The van der Waals surface area contributed by atoms with Crippen molar-refractivity contribution in [3.8, 4) is 11.5 Å². The van der Waals surface area contributed by atoms with Crippen molar-refractivity contribution in [1.82, 2.24) is 19.7 Å². The van der Waals surface area contributed by atoms with Crippen LogP contribution < -0.4 is 0 Å². The van der Waals surface area contributed by atoms with Gasteiger partial charge in [0.2, 0.25) is 11.8 Å². The van der Waals surface area contributed by atoms with Gasteiger partial charge in [-0.2, -0.15) is 0 Å². The van der Waals surface area contributed by atoms with Crippen molar-refractivity contribution >= 4 is 5.91 Å². The molecule has 0 bridgehead atoms. The van der Waals surface area contributed by atoms with Gasteiger partial charge in [0.05, 0.1) is 0 Å². The number of benzene rings is 1. The van der Waals surface area contributed by atoms with Crippen LogP contribution in [0.15, 0.2) is 53.1 Å². The van der Waals surface area contributed by atoms with Crippen LogP contribution in [0.25, 0.3) is 11.5 Å². The summed E-state index contributed by atoms with van der Waals surface area (Å²) < 4.78 is 7.65. The van der Waals surface area contributed by atoms with Gasteiger partial charge >= 0.3 is 0 Å². The maximum atomic E-state index is 12.6. The van der Waals surface area contributed by atoms with Crippen molar-refractivity contribution < 1.29 is 9.21 Å². The van der Waals surface area contributed by atoms with Crippen LogP contribution in [0, 0.1) is 5.92 Å². The second kappa shape index (κ2) is 6.55. The quantitative estimate of drug-likeness (QED) is 0.735. The number of hydrogen-bond acceptors (Lipinski definition) is 4. The van der Waals surface area contributed by atoms with Crippen LogP contribution in [0.5, 0.6) is 0 Å². The van der Waals surface area contributed by atoms with Gasteiger partial charge in [-0.3, -0.25) is 4.79 Å².